The molecule has 0 bridgehead atoms. The lowest BCUT2D eigenvalue weighted by atomic mass is 10.1. The van der Waals surface area contributed by atoms with Crippen molar-refractivity contribution in [1.29, 1.82) is 0 Å². The van der Waals surface area contributed by atoms with Gasteiger partial charge in [0.15, 0.2) is 0 Å². The van der Waals surface area contributed by atoms with Gasteiger partial charge in [-0.1, -0.05) is 18.9 Å². The predicted octanol–water partition coefficient (Wildman–Crippen LogP) is 3.12. The second kappa shape index (κ2) is 7.02. The van der Waals surface area contributed by atoms with E-state index in [0.29, 0.717) is 0 Å². The average molecular weight is 328 g/mol. The van der Waals surface area contributed by atoms with E-state index in [9.17, 15) is 22.8 Å². The van der Waals surface area contributed by atoms with E-state index >= 15 is 0 Å². The smallest absolute Gasteiger partial charge is 0.352 e. The molecule has 1 aliphatic rings. The van der Waals surface area contributed by atoms with Crippen LogP contribution in [0.2, 0.25) is 0 Å². The fourth-order valence-corrected chi connectivity index (χ4v) is 2.72. The van der Waals surface area contributed by atoms with Gasteiger partial charge in [0, 0.05) is 18.7 Å². The quantitative estimate of drug-likeness (QED) is 0.923. The van der Waals surface area contributed by atoms with Crippen molar-refractivity contribution in [3.63, 3.8) is 0 Å². The van der Waals surface area contributed by atoms with E-state index in [1.165, 1.54) is 19.1 Å². The molecule has 2 amide bonds. The van der Waals surface area contributed by atoms with Crippen LogP contribution in [0.3, 0.4) is 0 Å². The van der Waals surface area contributed by atoms with Gasteiger partial charge in [0.1, 0.15) is 6.54 Å². The summed E-state index contributed by atoms with van der Waals surface area (Å²) in [5, 5.41) is 2.82. The van der Waals surface area contributed by atoms with Crippen molar-refractivity contribution in [3.05, 3.63) is 29.8 Å². The van der Waals surface area contributed by atoms with Crippen LogP contribution in [0, 0.1) is 0 Å². The highest BCUT2D eigenvalue weighted by Gasteiger charge is 2.31. The van der Waals surface area contributed by atoms with E-state index < -0.39 is 17.6 Å². The number of hydrogen-bond acceptors (Lipinski definition) is 2. The number of rotatable bonds is 4. The second-order valence-electron chi connectivity index (χ2n) is 5.70. The maximum atomic E-state index is 12.8. The van der Waals surface area contributed by atoms with Crippen LogP contribution in [0.1, 0.15) is 38.2 Å². The summed E-state index contributed by atoms with van der Waals surface area (Å²) in [7, 11) is 0. The zero-order valence-electron chi connectivity index (χ0n) is 12.8. The summed E-state index contributed by atoms with van der Waals surface area (Å²) in [6.07, 6.45) is -0.598. The van der Waals surface area contributed by atoms with Gasteiger partial charge in [0.25, 0.3) is 0 Å². The fourth-order valence-electron chi connectivity index (χ4n) is 2.72. The normalized spacial score (nSPS) is 15.5. The number of amides is 2. The predicted molar refractivity (Wildman–Crippen MR) is 79.9 cm³/mol. The largest absolute Gasteiger partial charge is 0.416 e. The van der Waals surface area contributed by atoms with Gasteiger partial charge in [-0.3, -0.25) is 9.59 Å². The summed E-state index contributed by atoms with van der Waals surface area (Å²) in [4.78, 5) is 24.8. The molecule has 4 nitrogen and oxygen atoms in total. The molecule has 0 aliphatic heterocycles. The molecule has 0 aromatic heterocycles. The van der Waals surface area contributed by atoms with Crippen molar-refractivity contribution >= 4 is 17.5 Å². The molecule has 7 heteroatoms. The van der Waals surface area contributed by atoms with Gasteiger partial charge in [0.2, 0.25) is 11.8 Å². The third-order valence-electron chi connectivity index (χ3n) is 3.89. The van der Waals surface area contributed by atoms with Crippen LogP contribution >= 0.6 is 0 Å². The van der Waals surface area contributed by atoms with Crippen LogP contribution < -0.4 is 10.2 Å². The molecule has 1 saturated carbocycles. The number of anilines is 1. The first-order valence-electron chi connectivity index (χ1n) is 7.52. The Morgan fingerprint density at radius 1 is 1.26 bits per heavy atom. The van der Waals surface area contributed by atoms with Crippen molar-refractivity contribution < 1.29 is 22.8 Å². The Hall–Kier alpha value is -2.05. The van der Waals surface area contributed by atoms with Crippen molar-refractivity contribution in [3.8, 4) is 0 Å². The number of nitrogens with one attached hydrogen (secondary N) is 1. The van der Waals surface area contributed by atoms with Crippen molar-refractivity contribution in [2.24, 2.45) is 0 Å². The van der Waals surface area contributed by atoms with Crippen LogP contribution in [0.15, 0.2) is 24.3 Å². The summed E-state index contributed by atoms with van der Waals surface area (Å²) in [6.45, 7) is 0.941. The molecule has 0 spiro atoms. The van der Waals surface area contributed by atoms with E-state index in [1.54, 1.807) is 0 Å². The fraction of sp³-hybridized carbons (Fsp3) is 0.500. The summed E-state index contributed by atoms with van der Waals surface area (Å²) < 4.78 is 38.3. The molecular weight excluding hydrogens is 309 g/mol. The minimum absolute atomic E-state index is 0.0638. The maximum absolute atomic E-state index is 12.8. The number of hydrogen-bond donors (Lipinski definition) is 1. The molecule has 1 aromatic carbocycles. The first-order chi connectivity index (χ1) is 10.8. The topological polar surface area (TPSA) is 49.4 Å². The Labute approximate surface area is 132 Å². The molecule has 1 aromatic rings. The lowest BCUT2D eigenvalue weighted by Crippen LogP contribution is -2.43. The summed E-state index contributed by atoms with van der Waals surface area (Å²) in [6, 6.07) is 4.52. The van der Waals surface area contributed by atoms with Gasteiger partial charge in [-0.05, 0) is 31.0 Å². The second-order valence-corrected chi connectivity index (χ2v) is 5.70. The summed E-state index contributed by atoms with van der Waals surface area (Å²) in [5.74, 6) is -0.838. The molecule has 126 valence electrons. The Kier molecular flexibility index (Phi) is 5.28. The standard InChI is InChI=1S/C16H19F3N2O2/c1-11(22)21(10-15(23)20-13-6-2-3-7-13)14-8-4-5-12(9-14)16(17,18)19/h4-5,8-9,13H,2-3,6-7,10H2,1H3,(H,20,23). The van der Waals surface area contributed by atoms with Crippen molar-refractivity contribution in [2.45, 2.75) is 44.8 Å². The number of halogens is 3. The minimum atomic E-state index is -4.50. The van der Waals surface area contributed by atoms with Crippen molar-refractivity contribution in [1.82, 2.24) is 5.32 Å². The number of alkyl halides is 3. The number of benzene rings is 1. The molecule has 0 radical (unpaired) electrons. The molecule has 1 N–H and O–H groups in total. The molecule has 2 rings (SSSR count). The molecule has 0 atom stereocenters. The van der Waals surface area contributed by atoms with Crippen LogP contribution in [0.25, 0.3) is 0 Å². The zero-order chi connectivity index (χ0) is 17.0. The van der Waals surface area contributed by atoms with E-state index in [4.69, 9.17) is 0 Å². The van der Waals surface area contributed by atoms with Crippen LogP contribution in [-0.2, 0) is 15.8 Å². The lowest BCUT2D eigenvalue weighted by molar-refractivity contribution is -0.137. The Morgan fingerprint density at radius 2 is 1.91 bits per heavy atom. The highest BCUT2D eigenvalue weighted by atomic mass is 19.4. The third kappa shape index (κ3) is 4.71. The monoisotopic (exact) mass is 328 g/mol. The Bertz CT molecular complexity index is 581. The van der Waals surface area contributed by atoms with Gasteiger partial charge < -0.3 is 10.2 Å². The van der Waals surface area contributed by atoms with E-state index in [-0.39, 0.29) is 24.2 Å². The van der Waals surface area contributed by atoms with Gasteiger partial charge >= 0.3 is 6.18 Å². The summed E-state index contributed by atoms with van der Waals surface area (Å²) >= 11 is 0. The van der Waals surface area contributed by atoms with Gasteiger partial charge in [-0.2, -0.15) is 13.2 Å². The van der Waals surface area contributed by atoms with Gasteiger partial charge in [0.05, 0.1) is 5.56 Å². The molecule has 0 heterocycles. The highest BCUT2D eigenvalue weighted by Crippen LogP contribution is 2.31. The van der Waals surface area contributed by atoms with E-state index in [0.717, 1.165) is 42.7 Å². The number of nitrogens with zero attached hydrogens (tertiary/aromatic N) is 1. The van der Waals surface area contributed by atoms with E-state index in [2.05, 4.69) is 5.32 Å². The Balaban J connectivity index is 2.11. The van der Waals surface area contributed by atoms with Gasteiger partial charge in [-0.25, -0.2) is 0 Å². The Morgan fingerprint density at radius 3 is 2.48 bits per heavy atom. The van der Waals surface area contributed by atoms with Crippen molar-refractivity contribution in [2.75, 3.05) is 11.4 Å². The van der Waals surface area contributed by atoms with Gasteiger partial charge in [-0.15, -0.1) is 0 Å². The maximum Gasteiger partial charge on any atom is 0.416 e. The van der Waals surface area contributed by atoms with Crippen LogP contribution in [0.5, 0.6) is 0 Å². The molecule has 0 saturated heterocycles. The first-order valence-corrected chi connectivity index (χ1v) is 7.52. The van der Waals surface area contributed by atoms with Crippen LogP contribution in [0.4, 0.5) is 18.9 Å². The molecule has 0 unspecified atom stereocenters. The zero-order valence-corrected chi connectivity index (χ0v) is 12.8. The summed E-state index contributed by atoms with van der Waals surface area (Å²) in [5.41, 5.74) is -0.786. The third-order valence-corrected chi connectivity index (χ3v) is 3.89. The molecular formula is C16H19F3N2O2. The molecule has 1 aliphatic carbocycles. The average Bonchev–Trinajstić information content (AvgIpc) is 2.96. The molecule has 23 heavy (non-hydrogen) atoms. The molecule has 1 fully saturated rings. The highest BCUT2D eigenvalue weighted by molar-refractivity contribution is 5.97. The first kappa shape index (κ1) is 17.3. The SMILES string of the molecule is CC(=O)N(CC(=O)NC1CCCC1)c1cccc(C(F)(F)F)c1. The minimum Gasteiger partial charge on any atom is -0.352 e. The number of carbonyl (C=O) groups is 2. The van der Waals surface area contributed by atoms with E-state index in [1.807, 2.05) is 0 Å². The lowest BCUT2D eigenvalue weighted by Gasteiger charge is -2.23. The number of carbonyl (C=O) groups excluding carboxylic acids is 2. The van der Waals surface area contributed by atoms with Crippen LogP contribution in [-0.4, -0.2) is 24.4 Å².